The molecule has 0 spiro atoms. The molecule has 0 bridgehead atoms. The van der Waals surface area contributed by atoms with Crippen LogP contribution < -0.4 is 5.32 Å². The van der Waals surface area contributed by atoms with E-state index in [1.165, 1.54) is 11.3 Å². The summed E-state index contributed by atoms with van der Waals surface area (Å²) in [4.78, 5) is 25.4. The second-order valence-electron chi connectivity index (χ2n) is 4.68. The fraction of sp³-hybridized carbons (Fsp3) is 0.200. The summed E-state index contributed by atoms with van der Waals surface area (Å²) in [6.07, 6.45) is 0. The summed E-state index contributed by atoms with van der Waals surface area (Å²) < 4.78 is 0.869. The number of nitrogens with one attached hydrogen (secondary N) is 1. The maximum absolute atomic E-state index is 12.3. The van der Waals surface area contributed by atoms with Gasteiger partial charge < -0.3 is 10.2 Å². The van der Waals surface area contributed by atoms with E-state index in [2.05, 4.69) is 5.32 Å². The van der Waals surface area contributed by atoms with E-state index < -0.39 is 0 Å². The van der Waals surface area contributed by atoms with Gasteiger partial charge in [0, 0.05) is 26.2 Å². The largest absolute Gasteiger partial charge is 0.355 e. The summed E-state index contributed by atoms with van der Waals surface area (Å²) in [6.45, 7) is 0.413. The van der Waals surface area contributed by atoms with E-state index in [-0.39, 0.29) is 11.8 Å². The van der Waals surface area contributed by atoms with Crippen molar-refractivity contribution in [1.29, 1.82) is 0 Å². The highest BCUT2D eigenvalue weighted by Crippen LogP contribution is 2.31. The average molecular weight is 357 g/mol. The minimum absolute atomic E-state index is 0.143. The number of carbonyl (C=O) groups excluding carboxylic acids is 2. The second kappa shape index (κ2) is 7.13. The summed E-state index contributed by atoms with van der Waals surface area (Å²) in [6, 6.07) is 8.65. The zero-order chi connectivity index (χ0) is 16.3. The van der Waals surface area contributed by atoms with Crippen molar-refractivity contribution < 1.29 is 9.59 Å². The number of amides is 2. The van der Waals surface area contributed by atoms with Crippen LogP contribution in [0, 0.1) is 0 Å². The second-order valence-corrected chi connectivity index (χ2v) is 6.96. The number of halogens is 2. The monoisotopic (exact) mass is 356 g/mol. The summed E-state index contributed by atoms with van der Waals surface area (Å²) >= 11 is 13.0. The topological polar surface area (TPSA) is 49.4 Å². The summed E-state index contributed by atoms with van der Waals surface area (Å²) in [5.74, 6) is -0.334. The highest BCUT2D eigenvalue weighted by molar-refractivity contribution is 7.20. The third-order valence-electron chi connectivity index (χ3n) is 3.10. The van der Waals surface area contributed by atoms with E-state index in [1.54, 1.807) is 37.2 Å². The molecule has 1 aromatic carbocycles. The molecule has 0 aliphatic heterocycles. The van der Waals surface area contributed by atoms with Gasteiger partial charge in [0.05, 0.1) is 9.90 Å². The average Bonchev–Trinajstić information content (AvgIpc) is 2.85. The van der Waals surface area contributed by atoms with Gasteiger partial charge in [0.2, 0.25) is 0 Å². The Morgan fingerprint density at radius 2 is 1.86 bits per heavy atom. The first kappa shape index (κ1) is 16.8. The van der Waals surface area contributed by atoms with E-state index in [9.17, 15) is 9.59 Å². The van der Waals surface area contributed by atoms with Crippen LogP contribution in [0.25, 0.3) is 0 Å². The third kappa shape index (κ3) is 3.80. The lowest BCUT2D eigenvalue weighted by atomic mass is 10.1. The Kier molecular flexibility index (Phi) is 5.45. The molecular formula is C15H14Cl2N2O2S. The van der Waals surface area contributed by atoms with Crippen molar-refractivity contribution in [3.05, 3.63) is 55.7 Å². The van der Waals surface area contributed by atoms with Gasteiger partial charge in [-0.05, 0) is 23.8 Å². The lowest BCUT2D eigenvalue weighted by Crippen LogP contribution is -2.26. The smallest absolute Gasteiger partial charge is 0.256 e. The van der Waals surface area contributed by atoms with Crippen LogP contribution in [0.1, 0.15) is 26.3 Å². The van der Waals surface area contributed by atoms with Crippen LogP contribution in [0.2, 0.25) is 8.67 Å². The molecule has 1 aromatic heterocycles. The predicted molar refractivity (Wildman–Crippen MR) is 90.0 cm³/mol. The molecule has 4 nitrogen and oxygen atoms in total. The van der Waals surface area contributed by atoms with Crippen molar-refractivity contribution in [2.75, 3.05) is 14.1 Å². The van der Waals surface area contributed by atoms with Crippen LogP contribution in [0.5, 0.6) is 0 Å². The van der Waals surface area contributed by atoms with Crippen LogP contribution in [-0.4, -0.2) is 30.8 Å². The van der Waals surface area contributed by atoms with Gasteiger partial charge in [0.1, 0.15) is 4.34 Å². The normalized spacial score (nSPS) is 10.4. The Bertz CT molecular complexity index is 698. The van der Waals surface area contributed by atoms with Gasteiger partial charge in [0.15, 0.2) is 0 Å². The zero-order valence-corrected chi connectivity index (χ0v) is 14.4. The molecule has 22 heavy (non-hydrogen) atoms. The number of hydrogen-bond acceptors (Lipinski definition) is 3. The minimum Gasteiger partial charge on any atom is -0.355 e. The number of hydrogen-bond donors (Lipinski definition) is 1. The molecule has 0 atom stereocenters. The quantitative estimate of drug-likeness (QED) is 0.907. The van der Waals surface area contributed by atoms with E-state index in [0.29, 0.717) is 26.3 Å². The number of rotatable bonds is 4. The number of carbonyl (C=O) groups is 2. The standard InChI is InChI=1S/C15H14Cl2N2O2S/c1-18-14(20)10-5-3-9(4-6-10)8-19(2)15(21)11-7-12(16)22-13(11)17/h3-7H,8H2,1-2H3,(H,18,20). The fourth-order valence-corrected chi connectivity index (χ4v) is 3.39. The van der Waals surface area contributed by atoms with Gasteiger partial charge in [-0.2, -0.15) is 0 Å². The summed E-state index contributed by atoms with van der Waals surface area (Å²) in [5.41, 5.74) is 1.90. The first-order valence-corrected chi connectivity index (χ1v) is 8.01. The molecule has 116 valence electrons. The van der Waals surface area contributed by atoms with Crippen molar-refractivity contribution >= 4 is 46.4 Å². The van der Waals surface area contributed by atoms with Gasteiger partial charge in [-0.1, -0.05) is 35.3 Å². The molecule has 2 rings (SSSR count). The van der Waals surface area contributed by atoms with Crippen LogP contribution in [0.3, 0.4) is 0 Å². The maximum Gasteiger partial charge on any atom is 0.256 e. The lowest BCUT2D eigenvalue weighted by molar-refractivity contribution is 0.0785. The molecule has 0 fully saturated rings. The van der Waals surface area contributed by atoms with Crippen LogP contribution in [-0.2, 0) is 6.54 Å². The van der Waals surface area contributed by atoms with Crippen molar-refractivity contribution in [3.8, 4) is 0 Å². The Morgan fingerprint density at radius 3 is 2.36 bits per heavy atom. The van der Waals surface area contributed by atoms with E-state index >= 15 is 0 Å². The zero-order valence-electron chi connectivity index (χ0n) is 12.0. The first-order chi connectivity index (χ1) is 10.4. The molecule has 1 N–H and O–H groups in total. The molecule has 0 saturated heterocycles. The fourth-order valence-electron chi connectivity index (χ4n) is 1.94. The van der Waals surface area contributed by atoms with E-state index in [1.807, 2.05) is 12.1 Å². The summed E-state index contributed by atoms with van der Waals surface area (Å²) in [5, 5.41) is 2.56. The molecule has 2 amide bonds. The highest BCUT2D eigenvalue weighted by Gasteiger charge is 2.18. The Balaban J connectivity index is 2.08. The van der Waals surface area contributed by atoms with Gasteiger partial charge in [-0.25, -0.2) is 0 Å². The Morgan fingerprint density at radius 1 is 1.23 bits per heavy atom. The van der Waals surface area contributed by atoms with Crippen molar-refractivity contribution in [2.24, 2.45) is 0 Å². The van der Waals surface area contributed by atoms with Gasteiger partial charge in [-0.15, -0.1) is 11.3 Å². The van der Waals surface area contributed by atoms with Crippen molar-refractivity contribution in [1.82, 2.24) is 10.2 Å². The van der Waals surface area contributed by atoms with Crippen LogP contribution in [0.4, 0.5) is 0 Å². The molecular weight excluding hydrogens is 343 g/mol. The van der Waals surface area contributed by atoms with E-state index in [0.717, 1.165) is 5.56 Å². The molecule has 0 aliphatic rings. The molecule has 0 unspecified atom stereocenters. The molecule has 0 aliphatic carbocycles. The lowest BCUT2D eigenvalue weighted by Gasteiger charge is -2.17. The Hall–Kier alpha value is -1.56. The maximum atomic E-state index is 12.3. The predicted octanol–water partition coefficient (Wildman–Crippen LogP) is 3.69. The Labute approximate surface area is 142 Å². The van der Waals surface area contributed by atoms with Gasteiger partial charge >= 0.3 is 0 Å². The minimum atomic E-state index is -0.191. The highest BCUT2D eigenvalue weighted by atomic mass is 35.5. The van der Waals surface area contributed by atoms with Crippen LogP contribution in [0.15, 0.2) is 30.3 Å². The third-order valence-corrected chi connectivity index (χ3v) is 4.58. The number of thiophene rings is 1. The number of nitrogens with zero attached hydrogens (tertiary/aromatic N) is 1. The molecule has 2 aromatic rings. The van der Waals surface area contributed by atoms with Gasteiger partial charge in [-0.3, -0.25) is 9.59 Å². The molecule has 0 radical (unpaired) electrons. The summed E-state index contributed by atoms with van der Waals surface area (Å²) in [7, 11) is 3.27. The first-order valence-electron chi connectivity index (χ1n) is 6.43. The van der Waals surface area contributed by atoms with Crippen LogP contribution >= 0.6 is 34.5 Å². The van der Waals surface area contributed by atoms with Crippen molar-refractivity contribution in [3.63, 3.8) is 0 Å². The molecule has 1 heterocycles. The SMILES string of the molecule is CNC(=O)c1ccc(CN(C)C(=O)c2cc(Cl)sc2Cl)cc1. The molecule has 0 saturated carbocycles. The molecule has 7 heteroatoms. The number of benzene rings is 1. The van der Waals surface area contributed by atoms with E-state index in [4.69, 9.17) is 23.2 Å². The van der Waals surface area contributed by atoms with Crippen molar-refractivity contribution in [2.45, 2.75) is 6.54 Å². The van der Waals surface area contributed by atoms with Gasteiger partial charge in [0.25, 0.3) is 11.8 Å².